The van der Waals surface area contributed by atoms with Crippen molar-refractivity contribution < 1.29 is 22.3 Å². The van der Waals surface area contributed by atoms with Crippen molar-refractivity contribution in [2.75, 3.05) is 53.6 Å². The third kappa shape index (κ3) is 5.20. The van der Waals surface area contributed by atoms with E-state index in [2.05, 4.69) is 10.2 Å². The minimum atomic E-state index is -3.71. The summed E-state index contributed by atoms with van der Waals surface area (Å²) in [5.74, 6) is -0.976. The lowest BCUT2D eigenvalue weighted by atomic mass is 10.2. The number of nitrogens with zero attached hydrogens (tertiary/aromatic N) is 2. The highest BCUT2D eigenvalue weighted by Gasteiger charge is 2.21. The maximum atomic E-state index is 13.1. The van der Waals surface area contributed by atoms with Gasteiger partial charge in [0.2, 0.25) is 15.9 Å². The van der Waals surface area contributed by atoms with Crippen molar-refractivity contribution >= 4 is 33.0 Å². The van der Waals surface area contributed by atoms with Crippen LogP contribution in [0, 0.1) is 5.82 Å². The van der Waals surface area contributed by atoms with E-state index in [-0.39, 0.29) is 5.69 Å². The minimum absolute atomic E-state index is 0.224. The van der Waals surface area contributed by atoms with Gasteiger partial charge in [-0.15, -0.1) is 0 Å². The van der Waals surface area contributed by atoms with Gasteiger partial charge in [0.1, 0.15) is 12.4 Å². The number of hydrogen-bond acceptors (Lipinski definition) is 5. The van der Waals surface area contributed by atoms with Gasteiger partial charge in [0.15, 0.2) is 0 Å². The molecule has 2 aromatic carbocycles. The molecule has 3 rings (SSSR count). The summed E-state index contributed by atoms with van der Waals surface area (Å²) in [4.78, 5) is 14.6. The lowest BCUT2D eigenvalue weighted by Crippen LogP contribution is -2.37. The molecule has 1 saturated heterocycles. The topological polar surface area (TPSA) is 79.0 Å². The molecular weight excluding hydrogens is 385 g/mol. The molecule has 7 nitrogen and oxygen atoms in total. The van der Waals surface area contributed by atoms with Gasteiger partial charge in [0.25, 0.3) is 0 Å². The van der Waals surface area contributed by atoms with Crippen molar-refractivity contribution in [2.45, 2.75) is 0 Å². The van der Waals surface area contributed by atoms with Gasteiger partial charge in [-0.3, -0.25) is 9.10 Å². The summed E-state index contributed by atoms with van der Waals surface area (Å²) in [6.45, 7) is 2.58. The van der Waals surface area contributed by atoms with E-state index in [1.165, 1.54) is 12.1 Å². The monoisotopic (exact) mass is 407 g/mol. The highest BCUT2D eigenvalue weighted by molar-refractivity contribution is 7.92. The Balaban J connectivity index is 1.66. The molecule has 0 saturated carbocycles. The van der Waals surface area contributed by atoms with Crippen molar-refractivity contribution in [2.24, 2.45) is 0 Å². The Labute approximate surface area is 163 Å². The van der Waals surface area contributed by atoms with Crippen LogP contribution in [0.5, 0.6) is 0 Å². The number of anilines is 3. The second-order valence-electron chi connectivity index (χ2n) is 6.44. The van der Waals surface area contributed by atoms with E-state index in [9.17, 15) is 17.6 Å². The molecule has 0 atom stereocenters. The third-order valence-electron chi connectivity index (χ3n) is 4.33. The SMILES string of the molecule is CS(=O)(=O)N(CC(=O)Nc1ccc(N2CCOCC2)cc1)c1ccc(F)cc1. The second-order valence-corrected chi connectivity index (χ2v) is 8.35. The van der Waals surface area contributed by atoms with Crippen molar-refractivity contribution in [3.05, 3.63) is 54.3 Å². The van der Waals surface area contributed by atoms with Crippen LogP contribution < -0.4 is 14.5 Å². The average Bonchev–Trinajstić information content (AvgIpc) is 2.67. The summed E-state index contributed by atoms with van der Waals surface area (Å²) in [6.07, 6.45) is 1.00. The predicted molar refractivity (Wildman–Crippen MR) is 107 cm³/mol. The van der Waals surface area contributed by atoms with Gasteiger partial charge in [0.05, 0.1) is 25.2 Å². The third-order valence-corrected chi connectivity index (χ3v) is 5.47. The van der Waals surface area contributed by atoms with E-state index in [0.29, 0.717) is 18.9 Å². The molecule has 1 aliphatic rings. The van der Waals surface area contributed by atoms with Gasteiger partial charge in [-0.2, -0.15) is 0 Å². The standard InChI is InChI=1S/C19H22FN3O4S/c1-28(25,26)23(18-6-2-15(20)3-7-18)14-19(24)21-16-4-8-17(9-5-16)22-10-12-27-13-11-22/h2-9H,10-14H2,1H3,(H,21,24). The second kappa shape index (κ2) is 8.57. The quantitative estimate of drug-likeness (QED) is 0.793. The molecule has 0 bridgehead atoms. The Kier molecular flexibility index (Phi) is 6.15. The fraction of sp³-hybridized carbons (Fsp3) is 0.316. The fourth-order valence-electron chi connectivity index (χ4n) is 2.92. The summed E-state index contributed by atoms with van der Waals surface area (Å²) >= 11 is 0. The minimum Gasteiger partial charge on any atom is -0.378 e. The molecule has 150 valence electrons. The summed E-state index contributed by atoms with van der Waals surface area (Å²) < 4.78 is 43.5. The number of rotatable bonds is 6. The van der Waals surface area contributed by atoms with Crippen LogP contribution in [0.1, 0.15) is 0 Å². The molecule has 9 heteroatoms. The summed E-state index contributed by atoms with van der Waals surface area (Å²) in [7, 11) is -3.71. The van der Waals surface area contributed by atoms with E-state index in [1.807, 2.05) is 12.1 Å². The number of sulfonamides is 1. The predicted octanol–water partition coefficient (Wildman–Crippen LogP) is 2.07. The number of carbonyl (C=O) groups is 1. The average molecular weight is 407 g/mol. The first-order chi connectivity index (χ1) is 13.3. The Morgan fingerprint density at radius 3 is 2.29 bits per heavy atom. The van der Waals surface area contributed by atoms with E-state index >= 15 is 0 Å². The molecule has 2 aromatic rings. The van der Waals surface area contributed by atoms with Crippen molar-refractivity contribution in [3.8, 4) is 0 Å². The molecule has 0 aromatic heterocycles. The van der Waals surface area contributed by atoms with Crippen LogP contribution in [0.15, 0.2) is 48.5 Å². The first-order valence-corrected chi connectivity index (χ1v) is 10.6. The first kappa shape index (κ1) is 20.1. The molecule has 1 aliphatic heterocycles. The fourth-order valence-corrected chi connectivity index (χ4v) is 3.77. The van der Waals surface area contributed by atoms with Gasteiger partial charge >= 0.3 is 0 Å². The zero-order valence-corrected chi connectivity index (χ0v) is 16.3. The maximum Gasteiger partial charge on any atom is 0.245 e. The van der Waals surface area contributed by atoms with Gasteiger partial charge in [-0.05, 0) is 48.5 Å². The molecule has 1 amide bonds. The number of hydrogen-bond donors (Lipinski definition) is 1. The highest BCUT2D eigenvalue weighted by atomic mass is 32.2. The van der Waals surface area contributed by atoms with Crippen molar-refractivity contribution in [3.63, 3.8) is 0 Å². The number of halogens is 1. The number of benzene rings is 2. The largest absolute Gasteiger partial charge is 0.378 e. The van der Waals surface area contributed by atoms with E-state index in [4.69, 9.17) is 4.74 Å². The summed E-state index contributed by atoms with van der Waals surface area (Å²) in [5.41, 5.74) is 1.82. The molecule has 0 radical (unpaired) electrons. The molecule has 0 aliphatic carbocycles. The van der Waals surface area contributed by atoms with E-state index < -0.39 is 28.3 Å². The molecule has 1 fully saturated rings. The van der Waals surface area contributed by atoms with Crippen LogP contribution in [0.3, 0.4) is 0 Å². The molecule has 1 N–H and O–H groups in total. The smallest absolute Gasteiger partial charge is 0.245 e. The Hall–Kier alpha value is -2.65. The van der Waals surface area contributed by atoms with Gasteiger partial charge in [-0.25, -0.2) is 12.8 Å². The number of nitrogens with one attached hydrogen (secondary N) is 1. The normalized spacial score (nSPS) is 14.6. The van der Waals surface area contributed by atoms with Crippen molar-refractivity contribution in [1.29, 1.82) is 0 Å². The van der Waals surface area contributed by atoms with Crippen molar-refractivity contribution in [1.82, 2.24) is 0 Å². The van der Waals surface area contributed by atoms with Crippen LogP contribution >= 0.6 is 0 Å². The number of morpholine rings is 1. The Bertz CT molecular complexity index is 911. The van der Waals surface area contributed by atoms with E-state index in [1.54, 1.807) is 12.1 Å². The number of amides is 1. The maximum absolute atomic E-state index is 13.1. The Morgan fingerprint density at radius 1 is 1.11 bits per heavy atom. The lowest BCUT2D eigenvalue weighted by Gasteiger charge is -2.29. The van der Waals surface area contributed by atoms with Crippen LogP contribution in [-0.4, -0.2) is 53.4 Å². The summed E-state index contributed by atoms with van der Waals surface area (Å²) in [5, 5.41) is 2.69. The van der Waals surface area contributed by atoms with Crippen LogP contribution in [0.25, 0.3) is 0 Å². The van der Waals surface area contributed by atoms with Gasteiger partial charge in [-0.1, -0.05) is 0 Å². The first-order valence-electron chi connectivity index (χ1n) is 8.79. The number of carbonyl (C=O) groups excluding carboxylic acids is 1. The van der Waals surface area contributed by atoms with Crippen LogP contribution in [0.4, 0.5) is 21.5 Å². The lowest BCUT2D eigenvalue weighted by molar-refractivity contribution is -0.114. The number of ether oxygens (including phenoxy) is 1. The van der Waals surface area contributed by atoms with Crippen LogP contribution in [-0.2, 0) is 19.6 Å². The molecular formula is C19H22FN3O4S. The molecule has 1 heterocycles. The van der Waals surface area contributed by atoms with Gasteiger partial charge < -0.3 is 15.0 Å². The van der Waals surface area contributed by atoms with Gasteiger partial charge in [0, 0.05) is 24.5 Å². The highest BCUT2D eigenvalue weighted by Crippen LogP contribution is 2.20. The molecule has 28 heavy (non-hydrogen) atoms. The van der Waals surface area contributed by atoms with E-state index in [0.717, 1.165) is 41.5 Å². The molecule has 0 unspecified atom stereocenters. The molecule has 0 spiro atoms. The Morgan fingerprint density at radius 2 is 1.71 bits per heavy atom. The zero-order valence-electron chi connectivity index (χ0n) is 15.5. The zero-order chi connectivity index (χ0) is 20.1. The van der Waals surface area contributed by atoms with Crippen LogP contribution in [0.2, 0.25) is 0 Å². The summed E-state index contributed by atoms with van der Waals surface area (Å²) in [6, 6.07) is 12.3.